The maximum atomic E-state index is 10.9. The SMILES string of the molecule is CC(C)[C@@H](C(=O)[O-])[NH+]1CCCCC1. The highest BCUT2D eigenvalue weighted by molar-refractivity contribution is 5.69. The molecule has 0 unspecified atom stereocenters. The molecule has 1 rings (SSSR count). The summed E-state index contributed by atoms with van der Waals surface area (Å²) in [5.74, 6) is -0.704. The lowest BCUT2D eigenvalue weighted by Gasteiger charge is -2.34. The Bertz CT molecular complexity index is 174. The molecule has 0 saturated carbocycles. The van der Waals surface area contributed by atoms with E-state index in [9.17, 15) is 9.90 Å². The van der Waals surface area contributed by atoms with Crippen LogP contribution >= 0.6 is 0 Å². The Morgan fingerprint density at radius 3 is 2.15 bits per heavy atom. The highest BCUT2D eigenvalue weighted by Gasteiger charge is 2.27. The lowest BCUT2D eigenvalue weighted by molar-refractivity contribution is -0.926. The highest BCUT2D eigenvalue weighted by atomic mass is 16.4. The third kappa shape index (κ3) is 2.69. The summed E-state index contributed by atoms with van der Waals surface area (Å²) in [4.78, 5) is 12.1. The fraction of sp³-hybridized carbons (Fsp3) is 0.900. The second-order valence-electron chi connectivity index (χ2n) is 4.26. The number of piperidine rings is 1. The summed E-state index contributed by atoms with van der Waals surface area (Å²) in [7, 11) is 0. The van der Waals surface area contributed by atoms with E-state index in [-0.39, 0.29) is 12.0 Å². The Kier molecular flexibility index (Phi) is 3.72. The van der Waals surface area contributed by atoms with Crippen molar-refractivity contribution in [3.8, 4) is 0 Å². The molecule has 3 heteroatoms. The van der Waals surface area contributed by atoms with Gasteiger partial charge in [-0.2, -0.15) is 0 Å². The largest absolute Gasteiger partial charge is 0.544 e. The molecule has 0 aromatic heterocycles. The van der Waals surface area contributed by atoms with E-state index in [2.05, 4.69) is 0 Å². The van der Waals surface area contributed by atoms with Crippen molar-refractivity contribution in [2.24, 2.45) is 5.92 Å². The van der Waals surface area contributed by atoms with Crippen molar-refractivity contribution >= 4 is 5.97 Å². The van der Waals surface area contributed by atoms with Gasteiger partial charge in [-0.15, -0.1) is 0 Å². The summed E-state index contributed by atoms with van der Waals surface area (Å²) in [6.45, 7) is 5.91. The molecule has 1 aliphatic heterocycles. The topological polar surface area (TPSA) is 44.6 Å². The maximum Gasteiger partial charge on any atom is 0.130 e. The molecule has 1 saturated heterocycles. The molecular weight excluding hydrogens is 166 g/mol. The Morgan fingerprint density at radius 1 is 1.23 bits per heavy atom. The number of aliphatic carboxylic acids is 1. The molecule has 13 heavy (non-hydrogen) atoms. The molecule has 0 radical (unpaired) electrons. The van der Waals surface area contributed by atoms with Crippen molar-refractivity contribution in [3.63, 3.8) is 0 Å². The number of quaternary nitrogens is 1. The third-order valence-electron chi connectivity index (χ3n) is 2.86. The molecular formula is C10H19NO2. The average Bonchev–Trinajstić information content (AvgIpc) is 2.04. The lowest BCUT2D eigenvalue weighted by Crippen LogP contribution is -3.18. The highest BCUT2D eigenvalue weighted by Crippen LogP contribution is 2.01. The number of carboxylic acids is 1. The van der Waals surface area contributed by atoms with Gasteiger partial charge in [-0.3, -0.25) is 0 Å². The summed E-state index contributed by atoms with van der Waals surface area (Å²) in [5.41, 5.74) is 0. The minimum absolute atomic E-state index is 0.179. The fourth-order valence-electron chi connectivity index (χ4n) is 2.23. The molecule has 3 nitrogen and oxygen atoms in total. The summed E-state index contributed by atoms with van der Waals surface area (Å²) in [6, 6.07) is -0.305. The van der Waals surface area contributed by atoms with Crippen molar-refractivity contribution in [2.75, 3.05) is 13.1 Å². The van der Waals surface area contributed by atoms with Crippen LogP contribution in [0.1, 0.15) is 33.1 Å². The van der Waals surface area contributed by atoms with Crippen LogP contribution < -0.4 is 10.0 Å². The van der Waals surface area contributed by atoms with Crippen LogP contribution in [-0.4, -0.2) is 25.1 Å². The van der Waals surface area contributed by atoms with E-state index in [0.29, 0.717) is 0 Å². The monoisotopic (exact) mass is 185 g/mol. The number of likely N-dealkylation sites (tertiary alicyclic amines) is 1. The van der Waals surface area contributed by atoms with Crippen LogP contribution in [0.25, 0.3) is 0 Å². The first-order valence-electron chi connectivity index (χ1n) is 5.18. The Morgan fingerprint density at radius 2 is 1.77 bits per heavy atom. The van der Waals surface area contributed by atoms with E-state index in [1.807, 2.05) is 13.8 Å². The first kappa shape index (κ1) is 10.5. The molecule has 1 N–H and O–H groups in total. The molecule has 1 fully saturated rings. The molecule has 0 aromatic rings. The molecule has 76 valence electrons. The predicted octanol–water partition coefficient (Wildman–Crippen LogP) is -1.17. The number of rotatable bonds is 3. The maximum absolute atomic E-state index is 10.9. The van der Waals surface area contributed by atoms with Gasteiger partial charge in [0, 0.05) is 5.92 Å². The van der Waals surface area contributed by atoms with Gasteiger partial charge in [-0.25, -0.2) is 0 Å². The minimum atomic E-state index is -0.882. The third-order valence-corrected chi connectivity index (χ3v) is 2.86. The summed E-state index contributed by atoms with van der Waals surface area (Å²) >= 11 is 0. The molecule has 0 spiro atoms. The quantitative estimate of drug-likeness (QED) is 0.602. The van der Waals surface area contributed by atoms with Crippen LogP contribution in [0.5, 0.6) is 0 Å². The van der Waals surface area contributed by atoms with Gasteiger partial charge in [-0.05, 0) is 19.3 Å². The second-order valence-corrected chi connectivity index (χ2v) is 4.26. The first-order valence-corrected chi connectivity index (χ1v) is 5.18. The Balaban J connectivity index is 2.57. The van der Waals surface area contributed by atoms with E-state index in [4.69, 9.17) is 0 Å². The Labute approximate surface area is 79.7 Å². The average molecular weight is 185 g/mol. The normalized spacial score (nSPS) is 21.8. The van der Waals surface area contributed by atoms with E-state index in [1.165, 1.54) is 11.3 Å². The van der Waals surface area contributed by atoms with Crippen LogP contribution in [0.2, 0.25) is 0 Å². The molecule has 0 aliphatic carbocycles. The van der Waals surface area contributed by atoms with Crippen molar-refractivity contribution in [1.82, 2.24) is 0 Å². The minimum Gasteiger partial charge on any atom is -0.544 e. The summed E-state index contributed by atoms with van der Waals surface area (Å²) < 4.78 is 0. The van der Waals surface area contributed by atoms with Crippen molar-refractivity contribution < 1.29 is 14.8 Å². The van der Waals surface area contributed by atoms with Crippen LogP contribution in [0, 0.1) is 5.92 Å². The molecule has 0 aromatic carbocycles. The number of hydrogen-bond donors (Lipinski definition) is 1. The second kappa shape index (κ2) is 4.61. The smallest absolute Gasteiger partial charge is 0.130 e. The number of carbonyl (C=O) groups is 1. The van der Waals surface area contributed by atoms with Gasteiger partial charge in [0.15, 0.2) is 0 Å². The van der Waals surface area contributed by atoms with E-state index < -0.39 is 5.97 Å². The molecule has 0 amide bonds. The lowest BCUT2D eigenvalue weighted by atomic mass is 9.99. The van der Waals surface area contributed by atoms with E-state index in [1.54, 1.807) is 0 Å². The fourth-order valence-corrected chi connectivity index (χ4v) is 2.23. The van der Waals surface area contributed by atoms with Crippen LogP contribution in [0.4, 0.5) is 0 Å². The molecule has 1 heterocycles. The Hall–Kier alpha value is -0.570. The van der Waals surface area contributed by atoms with Gasteiger partial charge >= 0.3 is 0 Å². The summed E-state index contributed by atoms with van der Waals surface area (Å²) in [6.07, 6.45) is 3.57. The zero-order chi connectivity index (χ0) is 9.84. The van der Waals surface area contributed by atoms with Gasteiger partial charge in [0.05, 0.1) is 19.1 Å². The first-order chi connectivity index (χ1) is 6.13. The number of hydrogen-bond acceptors (Lipinski definition) is 2. The zero-order valence-corrected chi connectivity index (χ0v) is 8.51. The number of carbonyl (C=O) groups excluding carboxylic acids is 1. The van der Waals surface area contributed by atoms with E-state index >= 15 is 0 Å². The van der Waals surface area contributed by atoms with Crippen molar-refractivity contribution in [2.45, 2.75) is 39.2 Å². The van der Waals surface area contributed by atoms with Crippen molar-refractivity contribution in [3.05, 3.63) is 0 Å². The van der Waals surface area contributed by atoms with Crippen LogP contribution in [0.3, 0.4) is 0 Å². The molecule has 0 bridgehead atoms. The van der Waals surface area contributed by atoms with Gasteiger partial charge < -0.3 is 14.8 Å². The number of carboxylic acid groups (broad SMARTS) is 1. The van der Waals surface area contributed by atoms with Gasteiger partial charge in [-0.1, -0.05) is 13.8 Å². The standard InChI is InChI=1S/C10H19NO2/c1-8(2)9(10(12)13)11-6-4-3-5-7-11/h8-9H,3-7H2,1-2H3,(H,12,13)/t9-/m0/s1. The van der Waals surface area contributed by atoms with Gasteiger partial charge in [0.1, 0.15) is 6.04 Å². The predicted molar refractivity (Wildman–Crippen MR) is 48.2 cm³/mol. The van der Waals surface area contributed by atoms with E-state index in [0.717, 1.165) is 25.9 Å². The molecule has 1 aliphatic rings. The van der Waals surface area contributed by atoms with Gasteiger partial charge in [0.2, 0.25) is 0 Å². The van der Waals surface area contributed by atoms with Gasteiger partial charge in [0.25, 0.3) is 0 Å². The number of nitrogens with one attached hydrogen (secondary N) is 1. The molecule has 1 atom stereocenters. The van der Waals surface area contributed by atoms with Crippen LogP contribution in [0.15, 0.2) is 0 Å². The summed E-state index contributed by atoms with van der Waals surface area (Å²) in [5, 5.41) is 10.9. The van der Waals surface area contributed by atoms with Crippen LogP contribution in [-0.2, 0) is 4.79 Å². The van der Waals surface area contributed by atoms with Crippen molar-refractivity contribution in [1.29, 1.82) is 0 Å². The zero-order valence-electron chi connectivity index (χ0n) is 8.51.